The summed E-state index contributed by atoms with van der Waals surface area (Å²) in [6.07, 6.45) is 1.54. The standard InChI is InChI=1S/C20H17BrN2O4/c1-26-18-9-8-13(11-16(18)21)19(24)23-17-7-3-2-6-15(17)20(25)22-12-14-5-4-10-27-14/h2-11H,12H2,1H3,(H,22,25)(H,23,24). The first-order chi connectivity index (χ1) is 13.1. The van der Waals surface area contributed by atoms with Crippen LogP contribution in [0, 0.1) is 0 Å². The van der Waals surface area contributed by atoms with E-state index in [1.165, 1.54) is 0 Å². The number of benzene rings is 2. The first-order valence-electron chi connectivity index (χ1n) is 8.13. The van der Waals surface area contributed by atoms with E-state index in [1.807, 2.05) is 0 Å². The Morgan fingerprint density at radius 3 is 2.59 bits per heavy atom. The Bertz CT molecular complexity index is 954. The third-order valence-corrected chi connectivity index (χ3v) is 4.46. The zero-order valence-corrected chi connectivity index (χ0v) is 16.1. The number of ether oxygens (including phenoxy) is 1. The molecule has 6 nitrogen and oxygen atoms in total. The lowest BCUT2D eigenvalue weighted by Crippen LogP contribution is -2.24. The summed E-state index contributed by atoms with van der Waals surface area (Å²) in [6.45, 7) is 0.263. The fourth-order valence-corrected chi connectivity index (χ4v) is 3.01. The van der Waals surface area contributed by atoms with Crippen molar-refractivity contribution in [1.82, 2.24) is 5.32 Å². The van der Waals surface area contributed by atoms with Gasteiger partial charge in [-0.2, -0.15) is 0 Å². The van der Waals surface area contributed by atoms with Gasteiger partial charge in [-0.15, -0.1) is 0 Å². The average Bonchev–Trinajstić information content (AvgIpc) is 3.20. The van der Waals surface area contributed by atoms with Gasteiger partial charge in [0.1, 0.15) is 11.5 Å². The maximum Gasteiger partial charge on any atom is 0.255 e. The van der Waals surface area contributed by atoms with Crippen LogP contribution in [0.5, 0.6) is 5.75 Å². The Labute approximate surface area is 164 Å². The maximum atomic E-state index is 12.6. The second-order valence-corrected chi connectivity index (χ2v) is 6.47. The minimum Gasteiger partial charge on any atom is -0.496 e. The minimum atomic E-state index is -0.329. The molecule has 0 aliphatic carbocycles. The lowest BCUT2D eigenvalue weighted by atomic mass is 10.1. The number of rotatable bonds is 6. The molecule has 0 bridgehead atoms. The zero-order valence-electron chi connectivity index (χ0n) is 14.5. The number of hydrogen-bond donors (Lipinski definition) is 2. The highest BCUT2D eigenvalue weighted by Gasteiger charge is 2.15. The van der Waals surface area contributed by atoms with Gasteiger partial charge in [0.15, 0.2) is 0 Å². The topological polar surface area (TPSA) is 80.6 Å². The third kappa shape index (κ3) is 4.57. The third-order valence-electron chi connectivity index (χ3n) is 3.84. The molecule has 0 unspecified atom stereocenters. The van der Waals surface area contributed by atoms with Crippen molar-refractivity contribution in [2.45, 2.75) is 6.54 Å². The first-order valence-corrected chi connectivity index (χ1v) is 8.92. The van der Waals surface area contributed by atoms with Crippen molar-refractivity contribution in [3.8, 4) is 5.75 Å². The van der Waals surface area contributed by atoms with E-state index in [9.17, 15) is 9.59 Å². The Balaban J connectivity index is 1.74. The quantitative estimate of drug-likeness (QED) is 0.615. The molecule has 0 saturated carbocycles. The number of hydrogen-bond acceptors (Lipinski definition) is 4. The van der Waals surface area contributed by atoms with Crippen molar-refractivity contribution in [3.63, 3.8) is 0 Å². The van der Waals surface area contributed by atoms with Crippen LogP contribution in [0.15, 0.2) is 69.8 Å². The molecule has 138 valence electrons. The summed E-state index contributed by atoms with van der Waals surface area (Å²) in [5.41, 5.74) is 1.23. The molecule has 2 amide bonds. The van der Waals surface area contributed by atoms with Crippen molar-refractivity contribution in [1.29, 1.82) is 0 Å². The van der Waals surface area contributed by atoms with Crippen LogP contribution >= 0.6 is 15.9 Å². The van der Waals surface area contributed by atoms with Crippen LogP contribution in [0.1, 0.15) is 26.5 Å². The van der Waals surface area contributed by atoms with E-state index in [4.69, 9.17) is 9.15 Å². The van der Waals surface area contributed by atoms with Crippen molar-refractivity contribution in [2.24, 2.45) is 0 Å². The van der Waals surface area contributed by atoms with Crippen LogP contribution in [0.3, 0.4) is 0 Å². The largest absolute Gasteiger partial charge is 0.496 e. The smallest absolute Gasteiger partial charge is 0.255 e. The molecule has 1 heterocycles. The molecule has 0 fully saturated rings. The Morgan fingerprint density at radius 1 is 1.07 bits per heavy atom. The molecule has 3 rings (SSSR count). The van der Waals surface area contributed by atoms with E-state index in [2.05, 4.69) is 26.6 Å². The molecule has 27 heavy (non-hydrogen) atoms. The highest BCUT2D eigenvalue weighted by atomic mass is 79.9. The Hall–Kier alpha value is -3.06. The van der Waals surface area contributed by atoms with E-state index in [0.717, 1.165) is 0 Å². The number of nitrogens with one attached hydrogen (secondary N) is 2. The number of carbonyl (C=O) groups excluding carboxylic acids is 2. The number of amides is 2. The molecule has 0 saturated heterocycles. The summed E-state index contributed by atoms with van der Waals surface area (Å²) in [6, 6.07) is 15.4. The van der Waals surface area contributed by atoms with E-state index in [1.54, 1.807) is 68.0 Å². The van der Waals surface area contributed by atoms with Gasteiger partial charge >= 0.3 is 0 Å². The average molecular weight is 429 g/mol. The van der Waals surface area contributed by atoms with Crippen LogP contribution < -0.4 is 15.4 Å². The van der Waals surface area contributed by atoms with Crippen molar-refractivity contribution in [2.75, 3.05) is 12.4 Å². The van der Waals surface area contributed by atoms with Crippen molar-refractivity contribution >= 4 is 33.4 Å². The van der Waals surface area contributed by atoms with Gasteiger partial charge in [0, 0.05) is 5.56 Å². The zero-order chi connectivity index (χ0) is 19.2. The van der Waals surface area contributed by atoms with Gasteiger partial charge in [0.25, 0.3) is 11.8 Å². The molecule has 0 radical (unpaired) electrons. The van der Waals surface area contributed by atoms with Gasteiger partial charge < -0.3 is 19.8 Å². The summed E-state index contributed by atoms with van der Waals surface area (Å²) in [5.74, 6) is 0.639. The van der Waals surface area contributed by atoms with Gasteiger partial charge in [0.05, 0.1) is 35.6 Å². The molecule has 0 aliphatic heterocycles. The summed E-state index contributed by atoms with van der Waals surface area (Å²) < 4.78 is 11.0. The fraction of sp³-hybridized carbons (Fsp3) is 0.100. The Kier molecular flexibility index (Phi) is 5.93. The number of para-hydroxylation sites is 1. The highest BCUT2D eigenvalue weighted by Crippen LogP contribution is 2.26. The van der Waals surface area contributed by atoms with Crippen LogP contribution in [0.25, 0.3) is 0 Å². The molecule has 2 N–H and O–H groups in total. The van der Waals surface area contributed by atoms with Gasteiger partial charge in [-0.25, -0.2) is 0 Å². The number of halogens is 1. The molecule has 3 aromatic rings. The monoisotopic (exact) mass is 428 g/mol. The SMILES string of the molecule is COc1ccc(C(=O)Nc2ccccc2C(=O)NCc2ccco2)cc1Br. The number of carbonyl (C=O) groups is 2. The van der Waals surface area contributed by atoms with Crippen LogP contribution in [0.4, 0.5) is 5.69 Å². The van der Waals surface area contributed by atoms with E-state index >= 15 is 0 Å². The Morgan fingerprint density at radius 2 is 1.89 bits per heavy atom. The summed E-state index contributed by atoms with van der Waals surface area (Å²) >= 11 is 3.36. The summed E-state index contributed by atoms with van der Waals surface area (Å²) in [4.78, 5) is 25.1. The highest BCUT2D eigenvalue weighted by molar-refractivity contribution is 9.10. The lowest BCUT2D eigenvalue weighted by Gasteiger charge is -2.12. The van der Waals surface area contributed by atoms with Crippen LogP contribution in [-0.4, -0.2) is 18.9 Å². The van der Waals surface area contributed by atoms with E-state index in [0.29, 0.717) is 32.8 Å². The predicted octanol–water partition coefficient (Wildman–Crippen LogP) is 4.23. The van der Waals surface area contributed by atoms with Gasteiger partial charge in [0.2, 0.25) is 0 Å². The number of methoxy groups -OCH3 is 1. The number of furan rings is 1. The number of anilines is 1. The molecule has 7 heteroatoms. The molecular formula is C20H17BrN2O4. The van der Waals surface area contributed by atoms with Crippen molar-refractivity contribution < 1.29 is 18.7 Å². The van der Waals surface area contributed by atoms with Crippen molar-refractivity contribution in [3.05, 3.63) is 82.2 Å². The van der Waals surface area contributed by atoms with Gasteiger partial charge in [-0.1, -0.05) is 12.1 Å². The lowest BCUT2D eigenvalue weighted by molar-refractivity contribution is 0.0949. The van der Waals surface area contributed by atoms with Gasteiger partial charge in [-0.3, -0.25) is 9.59 Å². The molecule has 1 aromatic heterocycles. The molecule has 2 aromatic carbocycles. The predicted molar refractivity (Wildman–Crippen MR) is 105 cm³/mol. The first kappa shape index (κ1) is 18.7. The van der Waals surface area contributed by atoms with Gasteiger partial charge in [-0.05, 0) is 58.4 Å². The second kappa shape index (κ2) is 8.55. The molecule has 0 atom stereocenters. The van der Waals surface area contributed by atoms with Crippen LogP contribution in [-0.2, 0) is 6.54 Å². The van der Waals surface area contributed by atoms with E-state index < -0.39 is 0 Å². The molecular weight excluding hydrogens is 412 g/mol. The maximum absolute atomic E-state index is 12.6. The normalized spacial score (nSPS) is 10.3. The summed E-state index contributed by atoms with van der Waals surface area (Å²) in [5, 5.41) is 5.55. The fourth-order valence-electron chi connectivity index (χ4n) is 2.47. The summed E-state index contributed by atoms with van der Waals surface area (Å²) in [7, 11) is 1.55. The second-order valence-electron chi connectivity index (χ2n) is 5.61. The van der Waals surface area contributed by atoms with Crippen LogP contribution in [0.2, 0.25) is 0 Å². The molecule has 0 aliphatic rings. The van der Waals surface area contributed by atoms with E-state index in [-0.39, 0.29) is 18.4 Å². The molecule has 0 spiro atoms. The minimum absolute atomic E-state index is 0.263.